The van der Waals surface area contributed by atoms with Crippen molar-refractivity contribution in [2.75, 3.05) is 6.61 Å². The maximum Gasteiger partial charge on any atom is 0.416 e. The zero-order chi connectivity index (χ0) is 11.5. The van der Waals surface area contributed by atoms with Crippen LogP contribution >= 0.6 is 0 Å². The van der Waals surface area contributed by atoms with Crippen molar-refractivity contribution < 1.29 is 17.9 Å². The van der Waals surface area contributed by atoms with Gasteiger partial charge in [-0.1, -0.05) is 18.7 Å². The quantitative estimate of drug-likeness (QED) is 0.749. The summed E-state index contributed by atoms with van der Waals surface area (Å²) in [5, 5.41) is 0. The predicted octanol–water partition coefficient (Wildman–Crippen LogP) is 3.66. The number of alkyl halides is 3. The summed E-state index contributed by atoms with van der Waals surface area (Å²) in [4.78, 5) is 0. The van der Waals surface area contributed by atoms with Crippen LogP contribution in [-0.2, 0) is 0 Å². The van der Waals surface area contributed by atoms with Gasteiger partial charge in [-0.2, -0.15) is 13.2 Å². The Balaban J connectivity index is 2.95. The van der Waals surface area contributed by atoms with Crippen LogP contribution in [0.25, 0.3) is 5.57 Å². The van der Waals surface area contributed by atoms with Crippen molar-refractivity contribution in [3.63, 3.8) is 0 Å². The van der Waals surface area contributed by atoms with Crippen LogP contribution in [0.1, 0.15) is 12.5 Å². The second-order valence-corrected chi connectivity index (χ2v) is 2.94. The first-order chi connectivity index (χ1) is 6.95. The summed E-state index contributed by atoms with van der Waals surface area (Å²) in [7, 11) is 0. The Bertz CT molecular complexity index is 355. The third-order valence-electron chi connectivity index (χ3n) is 1.84. The fourth-order valence-corrected chi connectivity index (χ4v) is 1.10. The minimum absolute atomic E-state index is 0.0356. The van der Waals surface area contributed by atoms with Crippen LogP contribution < -0.4 is 4.74 Å². The first kappa shape index (κ1) is 11.6. The second-order valence-electron chi connectivity index (χ2n) is 2.94. The lowest BCUT2D eigenvalue weighted by Crippen LogP contribution is -2.09. The topological polar surface area (TPSA) is 9.23 Å². The molecule has 15 heavy (non-hydrogen) atoms. The van der Waals surface area contributed by atoms with Crippen LogP contribution in [0.2, 0.25) is 0 Å². The van der Waals surface area contributed by atoms with E-state index in [1.807, 2.05) is 0 Å². The molecule has 0 saturated carbocycles. The van der Waals surface area contributed by atoms with E-state index in [1.165, 1.54) is 18.2 Å². The standard InChI is InChI=1S/C11H11F3O/c1-3-15-10-6-4-5-9(7-10)8(2)11(12,13)14/h4-7H,2-3H2,1H3. The lowest BCUT2D eigenvalue weighted by molar-refractivity contribution is -0.0686. The van der Waals surface area contributed by atoms with Gasteiger partial charge in [-0.05, 0) is 24.6 Å². The molecule has 0 aliphatic rings. The highest BCUT2D eigenvalue weighted by Crippen LogP contribution is 2.33. The van der Waals surface area contributed by atoms with E-state index in [-0.39, 0.29) is 5.56 Å². The van der Waals surface area contributed by atoms with Gasteiger partial charge < -0.3 is 4.74 Å². The lowest BCUT2D eigenvalue weighted by atomic mass is 10.1. The Hall–Kier alpha value is -1.45. The smallest absolute Gasteiger partial charge is 0.416 e. The van der Waals surface area contributed by atoms with E-state index in [1.54, 1.807) is 13.0 Å². The molecule has 0 spiro atoms. The monoisotopic (exact) mass is 216 g/mol. The first-order valence-corrected chi connectivity index (χ1v) is 4.44. The Labute approximate surface area is 86.2 Å². The summed E-state index contributed by atoms with van der Waals surface area (Å²) >= 11 is 0. The summed E-state index contributed by atoms with van der Waals surface area (Å²) in [5.41, 5.74) is -0.822. The maximum absolute atomic E-state index is 12.3. The molecule has 0 unspecified atom stereocenters. The van der Waals surface area contributed by atoms with Crippen molar-refractivity contribution in [2.45, 2.75) is 13.1 Å². The van der Waals surface area contributed by atoms with Crippen LogP contribution in [-0.4, -0.2) is 12.8 Å². The molecule has 0 heterocycles. The molecule has 0 atom stereocenters. The van der Waals surface area contributed by atoms with Gasteiger partial charge in [0, 0.05) is 0 Å². The summed E-state index contributed by atoms with van der Waals surface area (Å²) in [5.74, 6) is 0.417. The van der Waals surface area contributed by atoms with Gasteiger partial charge in [-0.25, -0.2) is 0 Å². The van der Waals surface area contributed by atoms with Crippen molar-refractivity contribution in [1.82, 2.24) is 0 Å². The molecule has 4 heteroatoms. The van der Waals surface area contributed by atoms with Crippen LogP contribution in [0.3, 0.4) is 0 Å². The van der Waals surface area contributed by atoms with E-state index in [2.05, 4.69) is 6.58 Å². The van der Waals surface area contributed by atoms with Crippen LogP contribution in [0.5, 0.6) is 5.75 Å². The fraction of sp³-hybridized carbons (Fsp3) is 0.273. The van der Waals surface area contributed by atoms with Gasteiger partial charge in [-0.15, -0.1) is 0 Å². The summed E-state index contributed by atoms with van der Waals surface area (Å²) in [6.45, 7) is 5.20. The van der Waals surface area contributed by atoms with Crippen molar-refractivity contribution in [3.8, 4) is 5.75 Å². The highest BCUT2D eigenvalue weighted by atomic mass is 19.4. The van der Waals surface area contributed by atoms with Crippen molar-refractivity contribution in [3.05, 3.63) is 36.4 Å². The van der Waals surface area contributed by atoms with Gasteiger partial charge in [0.15, 0.2) is 0 Å². The van der Waals surface area contributed by atoms with Crippen molar-refractivity contribution in [1.29, 1.82) is 0 Å². The van der Waals surface area contributed by atoms with E-state index in [0.717, 1.165) is 0 Å². The molecule has 0 aliphatic heterocycles. The number of benzene rings is 1. The minimum Gasteiger partial charge on any atom is -0.494 e. The average Bonchev–Trinajstić information content (AvgIpc) is 2.16. The first-order valence-electron chi connectivity index (χ1n) is 4.44. The molecular formula is C11H11F3O. The molecule has 0 N–H and O–H groups in total. The third kappa shape index (κ3) is 3.01. The highest BCUT2D eigenvalue weighted by Gasteiger charge is 2.32. The Morgan fingerprint density at radius 1 is 1.40 bits per heavy atom. The van der Waals surface area contributed by atoms with Crippen molar-refractivity contribution in [2.24, 2.45) is 0 Å². The van der Waals surface area contributed by atoms with E-state index < -0.39 is 11.7 Å². The number of allylic oxidation sites excluding steroid dienone is 1. The Morgan fingerprint density at radius 2 is 2.07 bits per heavy atom. The molecule has 1 rings (SSSR count). The normalized spacial score (nSPS) is 11.2. The van der Waals surface area contributed by atoms with E-state index >= 15 is 0 Å². The molecular weight excluding hydrogens is 205 g/mol. The highest BCUT2D eigenvalue weighted by molar-refractivity contribution is 5.68. The average molecular weight is 216 g/mol. The molecule has 0 saturated heterocycles. The van der Waals surface area contributed by atoms with Gasteiger partial charge in [0.25, 0.3) is 0 Å². The van der Waals surface area contributed by atoms with Crippen LogP contribution in [0.15, 0.2) is 30.8 Å². The lowest BCUT2D eigenvalue weighted by Gasteiger charge is -2.11. The number of ether oxygens (including phenoxy) is 1. The van der Waals surface area contributed by atoms with Gasteiger partial charge in [0.2, 0.25) is 0 Å². The zero-order valence-electron chi connectivity index (χ0n) is 8.27. The van der Waals surface area contributed by atoms with E-state index in [0.29, 0.717) is 12.4 Å². The number of halogens is 3. The minimum atomic E-state index is -4.40. The Morgan fingerprint density at radius 3 is 2.60 bits per heavy atom. The molecule has 0 fully saturated rings. The molecule has 0 radical (unpaired) electrons. The zero-order valence-corrected chi connectivity index (χ0v) is 8.27. The SMILES string of the molecule is C=C(c1cccc(OCC)c1)C(F)(F)F. The third-order valence-corrected chi connectivity index (χ3v) is 1.84. The number of hydrogen-bond donors (Lipinski definition) is 0. The number of hydrogen-bond acceptors (Lipinski definition) is 1. The van der Waals surface area contributed by atoms with E-state index in [4.69, 9.17) is 4.74 Å². The van der Waals surface area contributed by atoms with E-state index in [9.17, 15) is 13.2 Å². The van der Waals surface area contributed by atoms with Gasteiger partial charge in [-0.3, -0.25) is 0 Å². The second kappa shape index (κ2) is 4.38. The molecule has 0 aliphatic carbocycles. The summed E-state index contributed by atoms with van der Waals surface area (Å²) < 4.78 is 42.0. The van der Waals surface area contributed by atoms with Gasteiger partial charge >= 0.3 is 6.18 Å². The molecule has 1 aromatic carbocycles. The fourth-order valence-electron chi connectivity index (χ4n) is 1.10. The largest absolute Gasteiger partial charge is 0.494 e. The molecule has 1 aromatic rings. The van der Waals surface area contributed by atoms with Gasteiger partial charge in [0.05, 0.1) is 12.2 Å². The molecule has 1 nitrogen and oxygen atoms in total. The molecule has 82 valence electrons. The van der Waals surface area contributed by atoms with Gasteiger partial charge in [0.1, 0.15) is 5.75 Å². The summed E-state index contributed by atoms with van der Waals surface area (Å²) in [6.07, 6.45) is -4.40. The summed E-state index contributed by atoms with van der Waals surface area (Å²) in [6, 6.07) is 5.81. The maximum atomic E-state index is 12.3. The molecule has 0 bridgehead atoms. The van der Waals surface area contributed by atoms with Crippen LogP contribution in [0.4, 0.5) is 13.2 Å². The predicted molar refractivity (Wildman–Crippen MR) is 52.7 cm³/mol. The number of rotatable bonds is 3. The van der Waals surface area contributed by atoms with Crippen LogP contribution in [0, 0.1) is 0 Å². The van der Waals surface area contributed by atoms with Crippen molar-refractivity contribution >= 4 is 5.57 Å². The molecule has 0 aromatic heterocycles. The Kier molecular flexibility index (Phi) is 3.39. The molecule has 0 amide bonds.